The van der Waals surface area contributed by atoms with Crippen LogP contribution in [-0.2, 0) is 38.1 Å². The van der Waals surface area contributed by atoms with Gasteiger partial charge in [0.1, 0.15) is 8.96 Å². The number of carbonyl (C=O) groups is 4. The first-order valence-corrected chi connectivity index (χ1v) is 9.33. The van der Waals surface area contributed by atoms with E-state index in [0.29, 0.717) is 0 Å². The molecular formula is C16H22Br2O8. The highest BCUT2D eigenvalue weighted by Crippen LogP contribution is 2.22. The van der Waals surface area contributed by atoms with Crippen LogP contribution in [0, 0.1) is 0 Å². The Morgan fingerprint density at radius 2 is 0.846 bits per heavy atom. The van der Waals surface area contributed by atoms with Gasteiger partial charge in [-0.1, -0.05) is 0 Å². The quantitative estimate of drug-likeness (QED) is 0.284. The standard InChI is InChI=1S/C16H22Br2O8/c1-7(2)23-13(19)9(5)25-15(21)11(17)12(18)16(22)26-10(6)14(20)24-8(3)4/h7-10H,1-6H3/b12-11+/t9-,10-/m0/s1. The molecule has 0 aliphatic rings. The van der Waals surface area contributed by atoms with Gasteiger partial charge in [-0.15, -0.1) is 0 Å². The van der Waals surface area contributed by atoms with Gasteiger partial charge in [-0.2, -0.15) is 0 Å². The van der Waals surface area contributed by atoms with E-state index in [2.05, 4.69) is 31.9 Å². The van der Waals surface area contributed by atoms with Crippen LogP contribution >= 0.6 is 31.9 Å². The molecule has 0 aromatic heterocycles. The van der Waals surface area contributed by atoms with Crippen LogP contribution in [0.4, 0.5) is 0 Å². The third-order valence-corrected chi connectivity index (χ3v) is 4.46. The summed E-state index contributed by atoms with van der Waals surface area (Å²) in [6.07, 6.45) is -3.07. The Balaban J connectivity index is 4.90. The van der Waals surface area contributed by atoms with Crippen LogP contribution in [0.5, 0.6) is 0 Å². The summed E-state index contributed by atoms with van der Waals surface area (Å²) in [5, 5.41) is 0. The van der Waals surface area contributed by atoms with Crippen molar-refractivity contribution in [3.05, 3.63) is 8.96 Å². The zero-order chi connectivity index (χ0) is 20.6. The fraction of sp³-hybridized carbons (Fsp3) is 0.625. The third kappa shape index (κ3) is 8.79. The van der Waals surface area contributed by atoms with Gasteiger partial charge in [0.05, 0.1) is 12.2 Å². The van der Waals surface area contributed by atoms with Crippen molar-refractivity contribution in [3.8, 4) is 0 Å². The highest BCUT2D eigenvalue weighted by molar-refractivity contribution is 9.14. The molecule has 0 aromatic rings. The van der Waals surface area contributed by atoms with Gasteiger partial charge in [-0.25, -0.2) is 19.2 Å². The summed E-state index contributed by atoms with van der Waals surface area (Å²) in [4.78, 5) is 47.3. The van der Waals surface area contributed by atoms with Crippen molar-refractivity contribution in [2.45, 2.75) is 66.0 Å². The van der Waals surface area contributed by atoms with Crippen LogP contribution in [0.25, 0.3) is 0 Å². The Morgan fingerprint density at radius 3 is 1.08 bits per heavy atom. The molecule has 0 radical (unpaired) electrons. The summed E-state index contributed by atoms with van der Waals surface area (Å²) >= 11 is 5.79. The van der Waals surface area contributed by atoms with Crippen molar-refractivity contribution >= 4 is 55.7 Å². The Morgan fingerprint density at radius 1 is 0.577 bits per heavy atom. The van der Waals surface area contributed by atoms with Gasteiger partial charge in [-0.3, -0.25) is 0 Å². The van der Waals surface area contributed by atoms with E-state index in [0.717, 1.165) is 0 Å². The summed E-state index contributed by atoms with van der Waals surface area (Å²) in [7, 11) is 0. The average Bonchev–Trinajstić information content (AvgIpc) is 2.51. The Hall–Kier alpha value is -1.42. The molecule has 0 aromatic carbocycles. The molecule has 0 heterocycles. The van der Waals surface area contributed by atoms with Crippen molar-refractivity contribution < 1.29 is 38.1 Å². The summed E-state index contributed by atoms with van der Waals surface area (Å²) in [6, 6.07) is 0. The molecule has 0 bridgehead atoms. The van der Waals surface area contributed by atoms with E-state index >= 15 is 0 Å². The molecule has 0 spiro atoms. The Bertz CT molecular complexity index is 533. The first-order valence-electron chi connectivity index (χ1n) is 7.75. The second-order valence-corrected chi connectivity index (χ2v) is 7.28. The number of halogens is 2. The third-order valence-electron chi connectivity index (χ3n) is 2.49. The molecule has 8 nitrogen and oxygen atoms in total. The summed E-state index contributed by atoms with van der Waals surface area (Å²) < 4.78 is 19.0. The van der Waals surface area contributed by atoms with Crippen LogP contribution in [0.1, 0.15) is 41.5 Å². The van der Waals surface area contributed by atoms with Gasteiger partial charge in [-0.05, 0) is 73.4 Å². The zero-order valence-electron chi connectivity index (χ0n) is 15.3. The van der Waals surface area contributed by atoms with Crippen LogP contribution < -0.4 is 0 Å². The molecule has 0 saturated carbocycles. The van der Waals surface area contributed by atoms with Gasteiger partial charge >= 0.3 is 23.9 Å². The maximum Gasteiger partial charge on any atom is 0.347 e. The minimum absolute atomic E-state index is 0.309. The average molecular weight is 502 g/mol. The molecule has 0 aliphatic carbocycles. The van der Waals surface area contributed by atoms with Crippen molar-refractivity contribution in [1.29, 1.82) is 0 Å². The lowest BCUT2D eigenvalue weighted by molar-refractivity contribution is -0.167. The lowest BCUT2D eigenvalue weighted by Gasteiger charge is -2.16. The van der Waals surface area contributed by atoms with Crippen LogP contribution in [-0.4, -0.2) is 48.3 Å². The summed E-state index contributed by atoms with van der Waals surface area (Å²) in [5.41, 5.74) is 0. The Labute approximate surface area is 168 Å². The van der Waals surface area contributed by atoms with E-state index in [1.165, 1.54) is 13.8 Å². The maximum atomic E-state index is 12.0. The van der Waals surface area contributed by atoms with Gasteiger partial charge in [0.25, 0.3) is 0 Å². The van der Waals surface area contributed by atoms with Crippen molar-refractivity contribution in [2.75, 3.05) is 0 Å². The van der Waals surface area contributed by atoms with E-state index in [1.807, 2.05) is 0 Å². The van der Waals surface area contributed by atoms with E-state index in [-0.39, 0.29) is 21.2 Å². The van der Waals surface area contributed by atoms with Crippen LogP contribution in [0.3, 0.4) is 0 Å². The molecular weight excluding hydrogens is 480 g/mol. The minimum Gasteiger partial charge on any atom is -0.460 e. The predicted molar refractivity (Wildman–Crippen MR) is 98.4 cm³/mol. The predicted octanol–water partition coefficient (Wildman–Crippen LogP) is 2.75. The first-order chi connectivity index (χ1) is 11.9. The van der Waals surface area contributed by atoms with Crippen LogP contribution in [0.2, 0.25) is 0 Å². The molecule has 0 rings (SSSR count). The molecule has 0 N–H and O–H groups in total. The second-order valence-electron chi connectivity index (χ2n) is 5.69. The van der Waals surface area contributed by atoms with Crippen LogP contribution in [0.15, 0.2) is 8.96 Å². The van der Waals surface area contributed by atoms with Crippen molar-refractivity contribution in [2.24, 2.45) is 0 Å². The second kappa shape index (κ2) is 11.3. The molecule has 10 heteroatoms. The lowest BCUT2D eigenvalue weighted by atomic mass is 10.4. The highest BCUT2D eigenvalue weighted by atomic mass is 79.9. The van der Waals surface area contributed by atoms with E-state index < -0.39 is 36.1 Å². The van der Waals surface area contributed by atoms with E-state index in [4.69, 9.17) is 18.9 Å². The molecule has 0 aliphatic heterocycles. The maximum absolute atomic E-state index is 12.0. The number of ether oxygens (including phenoxy) is 4. The fourth-order valence-corrected chi connectivity index (χ4v) is 1.87. The highest BCUT2D eigenvalue weighted by Gasteiger charge is 2.27. The first kappa shape index (κ1) is 24.6. The normalized spacial score (nSPS) is 14.2. The zero-order valence-corrected chi connectivity index (χ0v) is 18.5. The lowest BCUT2D eigenvalue weighted by Crippen LogP contribution is -2.30. The smallest absolute Gasteiger partial charge is 0.347 e. The number of hydrogen-bond acceptors (Lipinski definition) is 8. The Kier molecular flexibility index (Phi) is 10.7. The van der Waals surface area contributed by atoms with Gasteiger partial charge in [0.15, 0.2) is 12.2 Å². The van der Waals surface area contributed by atoms with Gasteiger partial charge < -0.3 is 18.9 Å². The molecule has 148 valence electrons. The fourth-order valence-electron chi connectivity index (χ4n) is 1.36. The number of hydrogen-bond donors (Lipinski definition) is 0. The summed E-state index contributed by atoms with van der Waals surface area (Å²) in [5.74, 6) is -3.42. The molecule has 0 amide bonds. The molecule has 2 atom stereocenters. The molecule has 0 unspecified atom stereocenters. The SMILES string of the molecule is CC(C)OC(=O)[C@H](C)OC(=O)/C(Br)=C(\Br)C(=O)O[C@@H](C)C(=O)OC(C)C. The largest absolute Gasteiger partial charge is 0.460 e. The molecule has 26 heavy (non-hydrogen) atoms. The topological polar surface area (TPSA) is 105 Å². The number of rotatable bonds is 8. The van der Waals surface area contributed by atoms with Gasteiger partial charge in [0.2, 0.25) is 0 Å². The molecule has 0 saturated heterocycles. The monoisotopic (exact) mass is 500 g/mol. The minimum atomic E-state index is -1.17. The van der Waals surface area contributed by atoms with E-state index in [9.17, 15) is 19.2 Å². The number of esters is 4. The van der Waals surface area contributed by atoms with Gasteiger partial charge in [0, 0.05) is 0 Å². The van der Waals surface area contributed by atoms with Crippen molar-refractivity contribution in [3.63, 3.8) is 0 Å². The molecule has 0 fully saturated rings. The van der Waals surface area contributed by atoms with Crippen molar-refractivity contribution in [1.82, 2.24) is 0 Å². The van der Waals surface area contributed by atoms with E-state index in [1.54, 1.807) is 27.7 Å². The number of carbonyl (C=O) groups excluding carboxylic acids is 4. The summed E-state index contributed by atoms with van der Waals surface area (Å²) in [6.45, 7) is 9.28.